The number of hydrogen-bond acceptors (Lipinski definition) is 3. The molecule has 0 bridgehead atoms. The minimum Gasteiger partial charge on any atom is -0.395 e. The molecule has 3 nitrogen and oxygen atoms in total. The van der Waals surface area contributed by atoms with Gasteiger partial charge in [-0.05, 0) is 44.6 Å². The van der Waals surface area contributed by atoms with Crippen molar-refractivity contribution >= 4 is 44.3 Å². The van der Waals surface area contributed by atoms with Crippen molar-refractivity contribution in [3.8, 4) is 0 Å². The topological polar surface area (TPSA) is 45.1 Å². The van der Waals surface area contributed by atoms with Crippen LogP contribution in [0.25, 0.3) is 0 Å². The van der Waals surface area contributed by atoms with Gasteiger partial charge in [0.15, 0.2) is 0 Å². The van der Waals surface area contributed by atoms with Crippen molar-refractivity contribution in [3.63, 3.8) is 0 Å². The standard InChI is InChI=1S/C7H8BrIN2O/c8-5-3-6(9)7(11-4-5)10-1-2-12/h3-4,12H,1-2H2,(H,10,11). The highest BCUT2D eigenvalue weighted by atomic mass is 127. The molecule has 0 aliphatic rings. The quantitative estimate of drug-likeness (QED) is 0.824. The van der Waals surface area contributed by atoms with E-state index in [0.717, 1.165) is 13.9 Å². The predicted molar refractivity (Wildman–Crippen MR) is 60.2 cm³/mol. The Hall–Kier alpha value is 0.120. The molecule has 0 unspecified atom stereocenters. The van der Waals surface area contributed by atoms with Crippen molar-refractivity contribution in [3.05, 3.63) is 20.3 Å². The zero-order chi connectivity index (χ0) is 8.97. The Bertz CT molecular complexity index is 270. The largest absolute Gasteiger partial charge is 0.395 e. The fraction of sp³-hybridized carbons (Fsp3) is 0.286. The van der Waals surface area contributed by atoms with Crippen molar-refractivity contribution in [2.45, 2.75) is 0 Å². The third-order valence-electron chi connectivity index (χ3n) is 1.21. The van der Waals surface area contributed by atoms with E-state index in [1.807, 2.05) is 6.07 Å². The van der Waals surface area contributed by atoms with Crippen LogP contribution >= 0.6 is 38.5 Å². The van der Waals surface area contributed by atoms with Gasteiger partial charge in [0.2, 0.25) is 0 Å². The van der Waals surface area contributed by atoms with E-state index in [1.165, 1.54) is 0 Å². The second-order valence-electron chi connectivity index (χ2n) is 2.13. The van der Waals surface area contributed by atoms with Gasteiger partial charge in [-0.3, -0.25) is 0 Å². The Labute approximate surface area is 92.9 Å². The Balaban J connectivity index is 2.72. The van der Waals surface area contributed by atoms with Crippen molar-refractivity contribution in [2.24, 2.45) is 0 Å². The van der Waals surface area contributed by atoms with Gasteiger partial charge < -0.3 is 10.4 Å². The molecule has 0 radical (unpaired) electrons. The molecular weight excluding hydrogens is 335 g/mol. The Morgan fingerprint density at radius 1 is 1.67 bits per heavy atom. The number of hydrogen-bond donors (Lipinski definition) is 2. The number of nitrogens with one attached hydrogen (secondary N) is 1. The summed E-state index contributed by atoms with van der Waals surface area (Å²) in [7, 11) is 0. The average Bonchev–Trinajstić information content (AvgIpc) is 2.03. The first kappa shape index (κ1) is 10.2. The lowest BCUT2D eigenvalue weighted by Crippen LogP contribution is -2.07. The van der Waals surface area contributed by atoms with E-state index >= 15 is 0 Å². The van der Waals surface area contributed by atoms with Gasteiger partial charge in [0.25, 0.3) is 0 Å². The molecule has 0 fully saturated rings. The first-order chi connectivity index (χ1) is 5.74. The highest BCUT2D eigenvalue weighted by Crippen LogP contribution is 2.19. The first-order valence-corrected chi connectivity index (χ1v) is 5.27. The van der Waals surface area contributed by atoms with Crippen LogP contribution < -0.4 is 5.32 Å². The SMILES string of the molecule is OCCNc1ncc(Br)cc1I. The van der Waals surface area contributed by atoms with Crippen LogP contribution in [0.15, 0.2) is 16.7 Å². The van der Waals surface area contributed by atoms with Crippen molar-refractivity contribution in [1.29, 1.82) is 0 Å². The monoisotopic (exact) mass is 342 g/mol. The molecule has 5 heteroatoms. The summed E-state index contributed by atoms with van der Waals surface area (Å²) in [6.07, 6.45) is 1.72. The van der Waals surface area contributed by atoms with Gasteiger partial charge in [-0.1, -0.05) is 0 Å². The van der Waals surface area contributed by atoms with E-state index < -0.39 is 0 Å². The third kappa shape index (κ3) is 2.87. The number of aromatic nitrogens is 1. The number of nitrogens with zero attached hydrogens (tertiary/aromatic N) is 1. The summed E-state index contributed by atoms with van der Waals surface area (Å²) in [6, 6.07) is 1.97. The maximum Gasteiger partial charge on any atom is 0.139 e. The van der Waals surface area contributed by atoms with Crippen LogP contribution in [0.1, 0.15) is 0 Å². The number of pyridine rings is 1. The molecule has 1 heterocycles. The predicted octanol–water partition coefficient (Wildman–Crippen LogP) is 1.85. The maximum absolute atomic E-state index is 8.57. The third-order valence-corrected chi connectivity index (χ3v) is 2.47. The van der Waals surface area contributed by atoms with Gasteiger partial charge >= 0.3 is 0 Å². The summed E-state index contributed by atoms with van der Waals surface area (Å²) in [5.74, 6) is 0.813. The van der Waals surface area contributed by atoms with Gasteiger partial charge in [0, 0.05) is 17.2 Å². The Morgan fingerprint density at radius 3 is 3.00 bits per heavy atom. The van der Waals surface area contributed by atoms with Crippen LogP contribution in [0.3, 0.4) is 0 Å². The summed E-state index contributed by atoms with van der Waals surface area (Å²) in [6.45, 7) is 0.651. The van der Waals surface area contributed by atoms with Gasteiger partial charge in [-0.15, -0.1) is 0 Å². The lowest BCUT2D eigenvalue weighted by Gasteiger charge is -2.05. The van der Waals surface area contributed by atoms with Crippen molar-refractivity contribution < 1.29 is 5.11 Å². The highest BCUT2D eigenvalue weighted by molar-refractivity contribution is 14.1. The first-order valence-electron chi connectivity index (χ1n) is 3.40. The number of anilines is 1. The van der Waals surface area contributed by atoms with Crippen LogP contribution in [-0.4, -0.2) is 23.2 Å². The second-order valence-corrected chi connectivity index (χ2v) is 4.21. The molecule has 1 rings (SSSR count). The van der Waals surface area contributed by atoms with Crippen molar-refractivity contribution in [1.82, 2.24) is 4.98 Å². The fourth-order valence-corrected chi connectivity index (χ4v) is 2.14. The summed E-state index contributed by atoms with van der Waals surface area (Å²) < 4.78 is 2.00. The number of rotatable bonds is 3. The molecular formula is C7H8BrIN2O. The number of aliphatic hydroxyl groups excluding tert-OH is 1. The van der Waals surface area contributed by atoms with Crippen LogP contribution in [0.5, 0.6) is 0 Å². The Morgan fingerprint density at radius 2 is 2.42 bits per heavy atom. The van der Waals surface area contributed by atoms with E-state index in [0.29, 0.717) is 6.54 Å². The minimum atomic E-state index is 0.119. The van der Waals surface area contributed by atoms with E-state index in [9.17, 15) is 0 Å². The second kappa shape index (κ2) is 4.98. The molecule has 0 aliphatic carbocycles. The molecule has 2 N–H and O–H groups in total. The van der Waals surface area contributed by atoms with E-state index in [2.05, 4.69) is 48.8 Å². The molecule has 0 saturated carbocycles. The minimum absolute atomic E-state index is 0.119. The Kier molecular flexibility index (Phi) is 4.24. The van der Waals surface area contributed by atoms with Gasteiger partial charge in [-0.25, -0.2) is 4.98 Å². The van der Waals surface area contributed by atoms with E-state index in [-0.39, 0.29) is 6.61 Å². The van der Waals surface area contributed by atoms with Crippen LogP contribution in [0.2, 0.25) is 0 Å². The zero-order valence-electron chi connectivity index (χ0n) is 6.22. The molecule has 1 aromatic heterocycles. The lowest BCUT2D eigenvalue weighted by molar-refractivity contribution is 0.311. The zero-order valence-corrected chi connectivity index (χ0v) is 9.96. The molecule has 0 aliphatic heterocycles. The molecule has 0 saturated heterocycles. The normalized spacial score (nSPS) is 9.92. The summed E-state index contributed by atoms with van der Waals surface area (Å²) in [5.41, 5.74) is 0. The van der Waals surface area contributed by atoms with Gasteiger partial charge in [0.05, 0.1) is 10.2 Å². The smallest absolute Gasteiger partial charge is 0.139 e. The molecule has 0 spiro atoms. The summed E-state index contributed by atoms with van der Waals surface area (Å²) in [4.78, 5) is 4.14. The number of aliphatic hydroxyl groups is 1. The van der Waals surface area contributed by atoms with Gasteiger partial charge in [0.1, 0.15) is 5.82 Å². The molecule has 66 valence electrons. The molecule has 1 aromatic rings. The molecule has 0 atom stereocenters. The average molecular weight is 343 g/mol. The van der Waals surface area contributed by atoms with Crippen molar-refractivity contribution in [2.75, 3.05) is 18.5 Å². The van der Waals surface area contributed by atoms with Crippen LogP contribution in [0.4, 0.5) is 5.82 Å². The molecule has 0 aromatic carbocycles. The number of halogens is 2. The molecule has 0 amide bonds. The molecule has 12 heavy (non-hydrogen) atoms. The highest BCUT2D eigenvalue weighted by Gasteiger charge is 1.99. The lowest BCUT2D eigenvalue weighted by atomic mass is 10.4. The van der Waals surface area contributed by atoms with Gasteiger partial charge in [-0.2, -0.15) is 0 Å². The van der Waals surface area contributed by atoms with E-state index in [1.54, 1.807) is 6.20 Å². The summed E-state index contributed by atoms with van der Waals surface area (Å²) >= 11 is 5.51. The fourth-order valence-electron chi connectivity index (χ4n) is 0.719. The van der Waals surface area contributed by atoms with E-state index in [4.69, 9.17) is 5.11 Å². The van der Waals surface area contributed by atoms with Crippen LogP contribution in [0, 0.1) is 3.57 Å². The van der Waals surface area contributed by atoms with Crippen LogP contribution in [-0.2, 0) is 0 Å². The maximum atomic E-state index is 8.57. The summed E-state index contributed by atoms with van der Waals surface area (Å²) in [5, 5.41) is 11.6.